The molecule has 0 radical (unpaired) electrons. The number of aliphatic hydroxyl groups is 1. The molecule has 0 amide bonds. The molecule has 174 valence electrons. The fraction of sp³-hybridized carbons (Fsp3) is 0.200. The molecule has 3 aromatic carbocycles. The van der Waals surface area contributed by atoms with Crippen LogP contribution < -0.4 is 15.0 Å². The number of benzene rings is 3. The van der Waals surface area contributed by atoms with Gasteiger partial charge in [-0.1, -0.05) is 29.5 Å². The Morgan fingerprint density at radius 3 is 2.24 bits per heavy atom. The van der Waals surface area contributed by atoms with Crippen molar-refractivity contribution in [2.75, 3.05) is 7.11 Å². The quantitative estimate of drug-likeness (QED) is 0.389. The summed E-state index contributed by atoms with van der Waals surface area (Å²) < 4.78 is 12.0. The third kappa shape index (κ3) is 5.05. The fourth-order valence-electron chi connectivity index (χ4n) is 3.59. The molecule has 0 aliphatic heterocycles. The number of aryl methyl sites for hydroxylation is 1. The Morgan fingerprint density at radius 2 is 1.59 bits per heavy atom. The summed E-state index contributed by atoms with van der Waals surface area (Å²) in [6.07, 6.45) is -1.29. The van der Waals surface area contributed by atoms with Crippen LogP contribution in [-0.2, 0) is 11.3 Å². The minimum Gasteiger partial charge on any atom is -0.497 e. The maximum absolute atomic E-state index is 12.6. The van der Waals surface area contributed by atoms with Crippen LogP contribution >= 0.6 is 0 Å². The number of aromatic nitrogens is 3. The van der Waals surface area contributed by atoms with Crippen LogP contribution in [0.4, 0.5) is 0 Å². The molecule has 2 atom stereocenters. The average molecular weight is 461 g/mol. The molecule has 9 nitrogen and oxygen atoms in total. The van der Waals surface area contributed by atoms with Gasteiger partial charge in [-0.05, 0) is 60.5 Å². The van der Waals surface area contributed by atoms with Crippen LogP contribution in [-0.4, -0.2) is 38.3 Å². The standard InChI is InChI=1S/C25H23N3O6/c1-33-17-10-12-19(13-11-17)34-18-8-6-16(7-9-18)23(29)21(25(31)32)14-15-28-24(30)20-4-2-3-5-22(20)26-27-28/h2-13,21,23,29H,14-15H2,1H3,(H,31,32)/t21-,23?/m0/s1. The second-order valence-corrected chi connectivity index (χ2v) is 7.66. The van der Waals surface area contributed by atoms with Crippen LogP contribution in [0.1, 0.15) is 18.1 Å². The molecule has 4 aromatic rings. The first-order valence-corrected chi connectivity index (χ1v) is 10.6. The molecule has 34 heavy (non-hydrogen) atoms. The maximum Gasteiger partial charge on any atom is 0.309 e. The Bertz CT molecular complexity index is 1340. The Hall–Kier alpha value is -4.24. The molecule has 0 fully saturated rings. The van der Waals surface area contributed by atoms with Crippen LogP contribution in [0.2, 0.25) is 0 Å². The molecule has 1 unspecified atom stereocenters. The molecule has 4 rings (SSSR count). The van der Waals surface area contributed by atoms with Crippen LogP contribution in [0.15, 0.2) is 77.6 Å². The Kier molecular flexibility index (Phi) is 6.84. The summed E-state index contributed by atoms with van der Waals surface area (Å²) in [4.78, 5) is 24.5. The fourth-order valence-corrected chi connectivity index (χ4v) is 3.59. The summed E-state index contributed by atoms with van der Waals surface area (Å²) in [6.45, 7) is 0.00333. The minimum atomic E-state index is -1.28. The number of methoxy groups -OCH3 is 1. The highest BCUT2D eigenvalue weighted by Crippen LogP contribution is 2.29. The number of carboxylic acids is 1. The van der Waals surface area contributed by atoms with Crippen molar-refractivity contribution in [2.45, 2.75) is 19.1 Å². The second kappa shape index (κ2) is 10.1. The summed E-state index contributed by atoms with van der Waals surface area (Å²) in [5, 5.41) is 28.7. The van der Waals surface area contributed by atoms with Crippen LogP contribution in [0.3, 0.4) is 0 Å². The zero-order chi connectivity index (χ0) is 24.1. The lowest BCUT2D eigenvalue weighted by atomic mass is 9.93. The van der Waals surface area contributed by atoms with Gasteiger partial charge in [0.1, 0.15) is 22.8 Å². The number of carbonyl (C=O) groups is 1. The third-order valence-corrected chi connectivity index (χ3v) is 5.50. The number of fused-ring (bicyclic) bond motifs is 1. The smallest absolute Gasteiger partial charge is 0.309 e. The van der Waals surface area contributed by atoms with E-state index in [-0.39, 0.29) is 18.5 Å². The molecular weight excluding hydrogens is 438 g/mol. The number of rotatable bonds is 9. The lowest BCUT2D eigenvalue weighted by Crippen LogP contribution is -2.29. The SMILES string of the molecule is COc1ccc(Oc2ccc(C(O)[C@H](CCn3nnc4ccccc4c3=O)C(=O)O)cc2)cc1. The zero-order valence-corrected chi connectivity index (χ0v) is 18.4. The molecule has 2 N–H and O–H groups in total. The van der Waals surface area contributed by atoms with Gasteiger partial charge in [-0.2, -0.15) is 0 Å². The maximum atomic E-state index is 12.6. The summed E-state index contributed by atoms with van der Waals surface area (Å²) in [5.74, 6) is -0.464. The normalized spacial score (nSPS) is 12.8. The van der Waals surface area contributed by atoms with E-state index in [1.165, 1.54) is 0 Å². The van der Waals surface area contributed by atoms with Crippen molar-refractivity contribution in [2.24, 2.45) is 5.92 Å². The number of hydrogen-bond acceptors (Lipinski definition) is 7. The van der Waals surface area contributed by atoms with Gasteiger partial charge in [0.15, 0.2) is 0 Å². The summed E-state index contributed by atoms with van der Waals surface area (Å²) in [7, 11) is 1.58. The van der Waals surface area contributed by atoms with E-state index < -0.39 is 18.0 Å². The molecule has 9 heteroatoms. The second-order valence-electron chi connectivity index (χ2n) is 7.66. The summed E-state index contributed by atoms with van der Waals surface area (Å²) in [6, 6.07) is 20.4. The number of hydrogen-bond donors (Lipinski definition) is 2. The first-order chi connectivity index (χ1) is 16.5. The topological polar surface area (TPSA) is 124 Å². The van der Waals surface area contributed by atoms with E-state index in [0.29, 0.717) is 33.7 Å². The molecule has 1 heterocycles. The van der Waals surface area contributed by atoms with Crippen LogP contribution in [0.25, 0.3) is 10.9 Å². The highest BCUT2D eigenvalue weighted by atomic mass is 16.5. The third-order valence-electron chi connectivity index (χ3n) is 5.50. The van der Waals surface area contributed by atoms with Crippen molar-refractivity contribution in [3.05, 3.63) is 88.7 Å². The molecule has 0 saturated carbocycles. The Labute approximate surface area is 194 Å². The van der Waals surface area contributed by atoms with Crippen molar-refractivity contribution in [1.29, 1.82) is 0 Å². The highest BCUT2D eigenvalue weighted by Gasteiger charge is 2.28. The monoisotopic (exact) mass is 461 g/mol. The van der Waals surface area contributed by atoms with Gasteiger partial charge in [0.05, 0.1) is 24.5 Å². The largest absolute Gasteiger partial charge is 0.497 e. The number of ether oxygens (including phenoxy) is 2. The Morgan fingerprint density at radius 1 is 0.971 bits per heavy atom. The van der Waals surface area contributed by atoms with E-state index >= 15 is 0 Å². The summed E-state index contributed by atoms with van der Waals surface area (Å²) >= 11 is 0. The molecule has 0 aliphatic carbocycles. The van der Waals surface area contributed by atoms with Crippen molar-refractivity contribution in [3.8, 4) is 17.2 Å². The molecule has 0 bridgehead atoms. The number of aliphatic hydroxyl groups excluding tert-OH is 1. The minimum absolute atomic E-state index is 0.00333. The first-order valence-electron chi connectivity index (χ1n) is 10.6. The molecular formula is C25H23N3O6. The predicted molar refractivity (Wildman–Crippen MR) is 124 cm³/mol. The molecule has 0 saturated heterocycles. The number of nitrogens with zero attached hydrogens (tertiary/aromatic N) is 3. The van der Waals surface area contributed by atoms with Gasteiger partial charge in [-0.15, -0.1) is 5.10 Å². The average Bonchev–Trinajstić information content (AvgIpc) is 2.86. The first kappa shape index (κ1) is 22.9. The van der Waals surface area contributed by atoms with Gasteiger partial charge in [-0.3, -0.25) is 9.59 Å². The van der Waals surface area contributed by atoms with Gasteiger partial charge in [0.25, 0.3) is 5.56 Å². The molecule has 0 spiro atoms. The molecule has 0 aliphatic rings. The van der Waals surface area contributed by atoms with E-state index in [4.69, 9.17) is 9.47 Å². The van der Waals surface area contributed by atoms with E-state index in [1.807, 2.05) is 0 Å². The highest BCUT2D eigenvalue weighted by molar-refractivity contribution is 5.76. The van der Waals surface area contributed by atoms with Crippen LogP contribution in [0, 0.1) is 5.92 Å². The van der Waals surface area contributed by atoms with Gasteiger partial charge in [0.2, 0.25) is 0 Å². The van der Waals surface area contributed by atoms with E-state index in [2.05, 4.69) is 10.3 Å². The zero-order valence-electron chi connectivity index (χ0n) is 18.4. The number of aliphatic carboxylic acids is 1. The predicted octanol–water partition coefficient (Wildman–Crippen LogP) is 3.42. The lowest BCUT2D eigenvalue weighted by molar-refractivity contribution is -0.146. The van der Waals surface area contributed by atoms with Crippen LogP contribution in [0.5, 0.6) is 17.2 Å². The van der Waals surface area contributed by atoms with Gasteiger partial charge in [-0.25, -0.2) is 4.68 Å². The molecule has 1 aromatic heterocycles. The lowest BCUT2D eigenvalue weighted by Gasteiger charge is -2.20. The van der Waals surface area contributed by atoms with Gasteiger partial charge >= 0.3 is 5.97 Å². The van der Waals surface area contributed by atoms with Crippen molar-refractivity contribution < 1.29 is 24.5 Å². The van der Waals surface area contributed by atoms with Crippen molar-refractivity contribution in [3.63, 3.8) is 0 Å². The number of carboxylic acid groups (broad SMARTS) is 1. The summed E-state index contributed by atoms with van der Waals surface area (Å²) in [5.41, 5.74) is 0.534. The van der Waals surface area contributed by atoms with E-state index in [0.717, 1.165) is 4.68 Å². The van der Waals surface area contributed by atoms with Gasteiger partial charge in [0, 0.05) is 6.54 Å². The van der Waals surface area contributed by atoms with Crippen molar-refractivity contribution in [1.82, 2.24) is 15.0 Å². The van der Waals surface area contributed by atoms with Gasteiger partial charge < -0.3 is 19.7 Å². The van der Waals surface area contributed by atoms with E-state index in [1.54, 1.807) is 79.9 Å². The van der Waals surface area contributed by atoms with E-state index in [9.17, 15) is 19.8 Å². The Balaban J connectivity index is 1.45. The van der Waals surface area contributed by atoms with Crippen molar-refractivity contribution >= 4 is 16.9 Å².